The van der Waals surface area contributed by atoms with Crippen LogP contribution in [0.15, 0.2) is 53.5 Å². The van der Waals surface area contributed by atoms with Crippen LogP contribution in [0.25, 0.3) is 11.3 Å². The number of ether oxygens (including phenoxy) is 1. The van der Waals surface area contributed by atoms with E-state index in [1.54, 1.807) is 16.5 Å². The number of methoxy groups -OCH3 is 1. The molecule has 2 aromatic heterocycles. The summed E-state index contributed by atoms with van der Waals surface area (Å²) in [5.41, 5.74) is 3.97. The molecule has 0 spiro atoms. The molecule has 3 heterocycles. The molecule has 140 valence electrons. The second-order valence-electron chi connectivity index (χ2n) is 6.41. The molecule has 1 aliphatic heterocycles. The van der Waals surface area contributed by atoms with E-state index in [1.807, 2.05) is 50.2 Å². The van der Waals surface area contributed by atoms with Gasteiger partial charge in [-0.15, -0.1) is 10.2 Å². The van der Waals surface area contributed by atoms with E-state index in [0.29, 0.717) is 22.9 Å². The molecule has 0 bridgehead atoms. The molecular weight excluding hydrogens is 356 g/mol. The van der Waals surface area contributed by atoms with Crippen LogP contribution >= 0.6 is 0 Å². The second kappa shape index (κ2) is 7.15. The number of carbonyl (C=O) groups excluding carboxylic acids is 1. The standard InChI is InChI=1S/C20H18N6O2/c1-12-6-4-5-7-14(12)15-8-10-17-21-13(2)19(26(17)25-15)20(27)22-16-9-11-18(28-3)24-23-16/h4-11,13H,1-3H3/p+1. The highest BCUT2D eigenvalue weighted by atomic mass is 16.5. The summed E-state index contributed by atoms with van der Waals surface area (Å²) in [4.78, 5) is 17.4. The third-order valence-electron chi connectivity index (χ3n) is 4.51. The van der Waals surface area contributed by atoms with Crippen molar-refractivity contribution in [1.82, 2.24) is 15.3 Å². The molecule has 1 atom stereocenters. The normalized spacial score (nSPS) is 15.0. The van der Waals surface area contributed by atoms with Gasteiger partial charge in [-0.05, 0) is 31.5 Å². The number of fused-ring (bicyclic) bond motifs is 1. The van der Waals surface area contributed by atoms with Crippen molar-refractivity contribution < 1.29 is 13.9 Å². The van der Waals surface area contributed by atoms with Crippen molar-refractivity contribution >= 4 is 11.7 Å². The summed E-state index contributed by atoms with van der Waals surface area (Å²) in [7, 11) is 1.51. The van der Waals surface area contributed by atoms with Crippen LogP contribution in [-0.4, -0.2) is 34.4 Å². The molecule has 0 aliphatic carbocycles. The van der Waals surface area contributed by atoms with E-state index in [2.05, 4.69) is 25.6 Å². The number of amides is 1. The molecule has 1 aliphatic rings. The van der Waals surface area contributed by atoms with Crippen molar-refractivity contribution in [2.24, 2.45) is 4.99 Å². The van der Waals surface area contributed by atoms with Gasteiger partial charge in [-0.25, -0.2) is 0 Å². The van der Waals surface area contributed by atoms with Gasteiger partial charge in [-0.2, -0.15) is 0 Å². The first-order valence-electron chi connectivity index (χ1n) is 8.83. The largest absolute Gasteiger partial charge is 0.480 e. The van der Waals surface area contributed by atoms with Crippen LogP contribution in [0, 0.1) is 12.6 Å². The molecule has 1 N–H and O–H groups in total. The predicted molar refractivity (Wildman–Crippen MR) is 101 cm³/mol. The third kappa shape index (κ3) is 3.20. The zero-order valence-corrected chi connectivity index (χ0v) is 15.7. The molecule has 1 aromatic carbocycles. The van der Waals surface area contributed by atoms with Crippen LogP contribution in [0.3, 0.4) is 0 Å². The number of hydrogen-bond donors (Lipinski definition) is 1. The number of carbonyl (C=O) groups is 1. The highest BCUT2D eigenvalue weighted by Gasteiger charge is 2.33. The minimum absolute atomic E-state index is 0.325. The molecule has 0 fully saturated rings. The van der Waals surface area contributed by atoms with Crippen LogP contribution in [0.2, 0.25) is 0 Å². The first-order valence-corrected chi connectivity index (χ1v) is 8.83. The van der Waals surface area contributed by atoms with Crippen LogP contribution in [-0.2, 0) is 4.79 Å². The fourth-order valence-corrected chi connectivity index (χ4v) is 3.09. The van der Waals surface area contributed by atoms with E-state index in [-0.39, 0.29) is 11.9 Å². The molecule has 0 saturated carbocycles. The first kappa shape index (κ1) is 17.7. The Kier molecular flexibility index (Phi) is 4.52. The van der Waals surface area contributed by atoms with Crippen molar-refractivity contribution in [2.45, 2.75) is 19.9 Å². The topological polar surface area (TPSA) is 95.3 Å². The Labute approximate surface area is 161 Å². The van der Waals surface area contributed by atoms with Gasteiger partial charge in [-0.3, -0.25) is 4.79 Å². The van der Waals surface area contributed by atoms with Crippen molar-refractivity contribution in [2.75, 3.05) is 12.4 Å². The van der Waals surface area contributed by atoms with Gasteiger partial charge in [0.15, 0.2) is 5.82 Å². The number of nitrogens with zero attached hydrogens (tertiary/aromatic N) is 5. The van der Waals surface area contributed by atoms with E-state index < -0.39 is 0 Å². The lowest BCUT2D eigenvalue weighted by Crippen LogP contribution is -2.44. The number of nitrogens with one attached hydrogen (secondary N) is 1. The molecular formula is C20H19N6O2+. The summed E-state index contributed by atoms with van der Waals surface area (Å²) in [5.74, 6) is 0.377. The Morgan fingerprint density at radius 2 is 1.93 bits per heavy atom. The molecule has 0 saturated heterocycles. The van der Waals surface area contributed by atoms with Crippen LogP contribution < -0.4 is 19.9 Å². The summed E-state index contributed by atoms with van der Waals surface area (Å²) in [5, 5.41) is 15.2. The molecule has 0 radical (unpaired) electrons. The molecule has 3 aromatic rings. The zero-order chi connectivity index (χ0) is 19.7. The van der Waals surface area contributed by atoms with Gasteiger partial charge in [0.25, 0.3) is 5.91 Å². The Balaban J connectivity index is 1.74. The van der Waals surface area contributed by atoms with Crippen LogP contribution in [0.1, 0.15) is 12.5 Å². The van der Waals surface area contributed by atoms with E-state index in [9.17, 15) is 4.79 Å². The van der Waals surface area contributed by atoms with Gasteiger partial charge < -0.3 is 10.1 Å². The number of hydrogen-bond acceptors (Lipinski definition) is 6. The van der Waals surface area contributed by atoms with Crippen LogP contribution in [0.5, 0.6) is 5.88 Å². The third-order valence-corrected chi connectivity index (χ3v) is 4.51. The zero-order valence-electron chi connectivity index (χ0n) is 15.7. The monoisotopic (exact) mass is 375 g/mol. The average Bonchev–Trinajstić information content (AvgIpc) is 3.04. The first-order chi connectivity index (χ1) is 13.6. The molecule has 8 heteroatoms. The van der Waals surface area contributed by atoms with Gasteiger partial charge in [-0.1, -0.05) is 38.7 Å². The number of aryl methyl sites for hydroxylation is 1. The lowest BCUT2D eigenvalue weighted by molar-refractivity contribution is -0.597. The quantitative estimate of drug-likeness (QED) is 0.691. The van der Waals surface area contributed by atoms with E-state index in [1.165, 1.54) is 7.11 Å². The van der Waals surface area contributed by atoms with Crippen molar-refractivity contribution in [3.8, 4) is 17.1 Å². The predicted octanol–water partition coefficient (Wildman–Crippen LogP) is 1.18. The molecule has 1 unspecified atom stereocenters. The van der Waals surface area contributed by atoms with E-state index in [4.69, 9.17) is 4.74 Å². The second-order valence-corrected chi connectivity index (χ2v) is 6.41. The number of rotatable bonds is 4. The maximum absolute atomic E-state index is 12.9. The number of benzene rings is 1. The van der Waals surface area contributed by atoms with E-state index >= 15 is 0 Å². The Hall–Kier alpha value is -3.68. The Bertz CT molecular complexity index is 1170. The molecule has 8 nitrogen and oxygen atoms in total. The lowest BCUT2D eigenvalue weighted by Gasteiger charge is -2.04. The van der Waals surface area contributed by atoms with Gasteiger partial charge in [0, 0.05) is 17.7 Å². The highest BCUT2D eigenvalue weighted by molar-refractivity contribution is 5.98. The Morgan fingerprint density at radius 3 is 2.64 bits per heavy atom. The SMILES string of the molecule is COc1ccc(NC(=O)C2=[n+]3nc(-c4ccccc4C)ccc3=NC2C)nn1. The summed E-state index contributed by atoms with van der Waals surface area (Å²) in [6.45, 7) is 3.89. The summed E-state index contributed by atoms with van der Waals surface area (Å²) in [6.07, 6.45) is 0. The van der Waals surface area contributed by atoms with Gasteiger partial charge in [0.1, 0.15) is 5.69 Å². The Morgan fingerprint density at radius 1 is 1.11 bits per heavy atom. The molecule has 1 amide bonds. The van der Waals surface area contributed by atoms with Gasteiger partial charge in [0.2, 0.25) is 17.6 Å². The minimum Gasteiger partial charge on any atom is -0.480 e. The number of aromatic nitrogens is 4. The highest BCUT2D eigenvalue weighted by Crippen LogP contribution is 2.19. The minimum atomic E-state index is -0.328. The molecule has 28 heavy (non-hydrogen) atoms. The van der Waals surface area contributed by atoms with Crippen molar-refractivity contribution in [1.29, 1.82) is 0 Å². The van der Waals surface area contributed by atoms with E-state index in [0.717, 1.165) is 16.8 Å². The fraction of sp³-hybridized carbons (Fsp3) is 0.200. The van der Waals surface area contributed by atoms with Crippen molar-refractivity contribution in [3.63, 3.8) is 0 Å². The lowest BCUT2D eigenvalue weighted by atomic mass is 10.1. The van der Waals surface area contributed by atoms with Gasteiger partial charge >= 0.3 is 5.49 Å². The summed E-state index contributed by atoms with van der Waals surface area (Å²) >= 11 is 0. The fourth-order valence-electron chi connectivity index (χ4n) is 3.09. The maximum Gasteiger partial charge on any atom is 0.344 e. The average molecular weight is 375 g/mol. The smallest absolute Gasteiger partial charge is 0.344 e. The van der Waals surface area contributed by atoms with Crippen molar-refractivity contribution in [3.05, 3.63) is 65.3 Å². The maximum atomic E-state index is 12.9. The summed E-state index contributed by atoms with van der Waals surface area (Å²) in [6, 6.07) is 14.7. The van der Waals surface area contributed by atoms with Crippen LogP contribution in [0.4, 0.5) is 5.82 Å². The molecule has 4 rings (SSSR count). The summed E-state index contributed by atoms with van der Waals surface area (Å²) < 4.78 is 6.58. The number of anilines is 1. The van der Waals surface area contributed by atoms with Gasteiger partial charge in [0.05, 0.1) is 7.11 Å².